The maximum absolute atomic E-state index is 4.10. The second-order valence-electron chi connectivity index (χ2n) is 2.73. The molecule has 0 spiro atoms. The highest BCUT2D eigenvalue weighted by Gasteiger charge is 1.90. The van der Waals surface area contributed by atoms with Crippen molar-refractivity contribution in [1.82, 2.24) is 15.3 Å². The van der Waals surface area contributed by atoms with Crippen molar-refractivity contribution >= 4 is 0 Å². The molecule has 0 unspecified atom stereocenters. The van der Waals surface area contributed by atoms with Crippen LogP contribution in [0.2, 0.25) is 0 Å². The molecule has 0 aliphatic carbocycles. The van der Waals surface area contributed by atoms with E-state index in [-0.39, 0.29) is 0 Å². The van der Waals surface area contributed by atoms with Crippen molar-refractivity contribution in [3.8, 4) is 0 Å². The first-order valence-electron chi connectivity index (χ1n) is 4.39. The summed E-state index contributed by atoms with van der Waals surface area (Å²) in [7, 11) is 0. The van der Waals surface area contributed by atoms with Gasteiger partial charge in [-0.3, -0.25) is 0 Å². The lowest BCUT2D eigenvalue weighted by Crippen LogP contribution is -2.15. The normalized spacial score (nSPS) is 10.1. The zero-order valence-corrected chi connectivity index (χ0v) is 7.45. The Balaban J connectivity index is 2.16. The highest BCUT2D eigenvalue weighted by atomic mass is 14.9. The SMILES string of the molecule is CCCCNCc1ccncn1. The van der Waals surface area contributed by atoms with Crippen LogP contribution in [0.3, 0.4) is 0 Å². The summed E-state index contributed by atoms with van der Waals surface area (Å²) >= 11 is 0. The lowest BCUT2D eigenvalue weighted by atomic mass is 10.3. The minimum Gasteiger partial charge on any atom is -0.311 e. The Morgan fingerprint density at radius 3 is 3.08 bits per heavy atom. The molecule has 3 nitrogen and oxygen atoms in total. The average molecular weight is 165 g/mol. The zero-order valence-electron chi connectivity index (χ0n) is 7.45. The maximum atomic E-state index is 4.10. The van der Waals surface area contributed by atoms with E-state index in [0.717, 1.165) is 18.8 Å². The van der Waals surface area contributed by atoms with E-state index in [1.54, 1.807) is 12.5 Å². The maximum Gasteiger partial charge on any atom is 0.115 e. The Labute approximate surface area is 73.2 Å². The van der Waals surface area contributed by atoms with Crippen LogP contribution in [0, 0.1) is 0 Å². The van der Waals surface area contributed by atoms with Crippen molar-refractivity contribution in [1.29, 1.82) is 0 Å². The fourth-order valence-electron chi connectivity index (χ4n) is 0.941. The molecular formula is C9H15N3. The van der Waals surface area contributed by atoms with Crippen LogP contribution in [0.25, 0.3) is 0 Å². The quantitative estimate of drug-likeness (QED) is 0.669. The van der Waals surface area contributed by atoms with Crippen LogP contribution in [-0.2, 0) is 6.54 Å². The Morgan fingerprint density at radius 2 is 2.42 bits per heavy atom. The van der Waals surface area contributed by atoms with Gasteiger partial charge in [0.15, 0.2) is 0 Å². The first kappa shape index (κ1) is 9.13. The van der Waals surface area contributed by atoms with Crippen molar-refractivity contribution < 1.29 is 0 Å². The Morgan fingerprint density at radius 1 is 1.50 bits per heavy atom. The molecule has 0 saturated heterocycles. The van der Waals surface area contributed by atoms with Gasteiger partial charge in [0.05, 0.1) is 5.69 Å². The van der Waals surface area contributed by atoms with Gasteiger partial charge in [0, 0.05) is 12.7 Å². The summed E-state index contributed by atoms with van der Waals surface area (Å²) in [4.78, 5) is 7.95. The van der Waals surface area contributed by atoms with Crippen LogP contribution in [0.5, 0.6) is 0 Å². The summed E-state index contributed by atoms with van der Waals surface area (Å²) in [6, 6.07) is 1.93. The van der Waals surface area contributed by atoms with E-state index >= 15 is 0 Å². The topological polar surface area (TPSA) is 37.8 Å². The van der Waals surface area contributed by atoms with Gasteiger partial charge in [-0.2, -0.15) is 0 Å². The zero-order chi connectivity index (χ0) is 8.65. The monoisotopic (exact) mass is 165 g/mol. The molecule has 0 aliphatic heterocycles. The van der Waals surface area contributed by atoms with Gasteiger partial charge in [-0.15, -0.1) is 0 Å². The standard InChI is InChI=1S/C9H15N3/c1-2-3-5-10-7-9-4-6-11-8-12-9/h4,6,8,10H,2-3,5,7H2,1H3. The van der Waals surface area contributed by atoms with Gasteiger partial charge in [-0.1, -0.05) is 13.3 Å². The summed E-state index contributed by atoms with van der Waals surface area (Å²) in [5.41, 5.74) is 1.06. The van der Waals surface area contributed by atoms with Gasteiger partial charge in [0.2, 0.25) is 0 Å². The number of hydrogen-bond donors (Lipinski definition) is 1. The van der Waals surface area contributed by atoms with E-state index in [1.807, 2.05) is 6.07 Å². The van der Waals surface area contributed by atoms with Gasteiger partial charge < -0.3 is 5.32 Å². The number of hydrogen-bond acceptors (Lipinski definition) is 3. The van der Waals surface area contributed by atoms with Crippen LogP contribution in [0.15, 0.2) is 18.6 Å². The fourth-order valence-corrected chi connectivity index (χ4v) is 0.941. The molecule has 0 saturated carbocycles. The average Bonchev–Trinajstić information content (AvgIpc) is 2.14. The van der Waals surface area contributed by atoms with Gasteiger partial charge in [0.1, 0.15) is 6.33 Å². The predicted octanol–water partition coefficient (Wildman–Crippen LogP) is 1.37. The second kappa shape index (κ2) is 5.66. The van der Waals surface area contributed by atoms with E-state index in [9.17, 15) is 0 Å². The van der Waals surface area contributed by atoms with Gasteiger partial charge in [-0.05, 0) is 19.0 Å². The highest BCUT2D eigenvalue weighted by molar-refractivity contribution is 4.96. The largest absolute Gasteiger partial charge is 0.311 e. The molecule has 0 aromatic carbocycles. The molecule has 3 heteroatoms. The molecule has 0 amide bonds. The number of aromatic nitrogens is 2. The Kier molecular flexibility index (Phi) is 4.31. The van der Waals surface area contributed by atoms with Crippen LogP contribution < -0.4 is 5.32 Å². The second-order valence-corrected chi connectivity index (χ2v) is 2.73. The van der Waals surface area contributed by atoms with Crippen LogP contribution >= 0.6 is 0 Å². The van der Waals surface area contributed by atoms with E-state index in [4.69, 9.17) is 0 Å². The van der Waals surface area contributed by atoms with Crippen molar-refractivity contribution in [3.05, 3.63) is 24.3 Å². The lowest BCUT2D eigenvalue weighted by Gasteiger charge is -2.01. The Bertz CT molecular complexity index is 198. The van der Waals surface area contributed by atoms with E-state index in [2.05, 4.69) is 22.2 Å². The summed E-state index contributed by atoms with van der Waals surface area (Å²) in [6.07, 6.45) is 5.81. The van der Waals surface area contributed by atoms with Crippen molar-refractivity contribution in [2.45, 2.75) is 26.3 Å². The molecule has 66 valence electrons. The molecule has 1 aromatic rings. The highest BCUT2D eigenvalue weighted by Crippen LogP contribution is 1.90. The summed E-state index contributed by atoms with van der Waals surface area (Å²) in [6.45, 7) is 4.11. The molecule has 0 fully saturated rings. The van der Waals surface area contributed by atoms with Crippen molar-refractivity contribution in [2.75, 3.05) is 6.54 Å². The van der Waals surface area contributed by atoms with Crippen LogP contribution in [0.4, 0.5) is 0 Å². The molecule has 1 N–H and O–H groups in total. The molecule has 0 aliphatic rings. The third-order valence-corrected chi connectivity index (χ3v) is 1.66. The molecular weight excluding hydrogens is 150 g/mol. The van der Waals surface area contributed by atoms with E-state index in [0.29, 0.717) is 0 Å². The summed E-state index contributed by atoms with van der Waals surface area (Å²) < 4.78 is 0. The van der Waals surface area contributed by atoms with E-state index in [1.165, 1.54) is 12.8 Å². The molecule has 1 heterocycles. The minimum atomic E-state index is 0.850. The number of nitrogens with zero attached hydrogens (tertiary/aromatic N) is 2. The van der Waals surface area contributed by atoms with Gasteiger partial charge in [0.25, 0.3) is 0 Å². The van der Waals surface area contributed by atoms with Crippen molar-refractivity contribution in [2.24, 2.45) is 0 Å². The van der Waals surface area contributed by atoms with Gasteiger partial charge in [-0.25, -0.2) is 9.97 Å². The fraction of sp³-hybridized carbons (Fsp3) is 0.556. The van der Waals surface area contributed by atoms with Crippen molar-refractivity contribution in [3.63, 3.8) is 0 Å². The van der Waals surface area contributed by atoms with Crippen LogP contribution in [0.1, 0.15) is 25.5 Å². The first-order valence-corrected chi connectivity index (χ1v) is 4.39. The molecule has 1 aromatic heterocycles. The number of rotatable bonds is 5. The van der Waals surface area contributed by atoms with Gasteiger partial charge >= 0.3 is 0 Å². The molecule has 12 heavy (non-hydrogen) atoms. The number of unbranched alkanes of at least 4 members (excludes halogenated alkanes) is 1. The summed E-state index contributed by atoms with van der Waals surface area (Å²) in [5, 5.41) is 3.31. The molecule has 0 bridgehead atoms. The van der Waals surface area contributed by atoms with Crippen LogP contribution in [-0.4, -0.2) is 16.5 Å². The summed E-state index contributed by atoms with van der Waals surface area (Å²) in [5.74, 6) is 0. The predicted molar refractivity (Wildman–Crippen MR) is 48.6 cm³/mol. The molecule has 0 radical (unpaired) electrons. The molecule has 0 atom stereocenters. The number of nitrogens with one attached hydrogen (secondary N) is 1. The third kappa shape index (κ3) is 3.44. The smallest absolute Gasteiger partial charge is 0.115 e. The van der Waals surface area contributed by atoms with E-state index < -0.39 is 0 Å². The minimum absolute atomic E-state index is 0.850. The molecule has 1 rings (SSSR count). The Hall–Kier alpha value is -0.960. The first-order chi connectivity index (χ1) is 5.93. The lowest BCUT2D eigenvalue weighted by molar-refractivity contribution is 0.632. The third-order valence-electron chi connectivity index (χ3n) is 1.66.